The number of carboxylic acids is 1. The Balaban J connectivity index is 2.64. The van der Waals surface area contributed by atoms with Crippen LogP contribution in [0.15, 0.2) is 30.3 Å². The number of carbonyl (C=O) groups excluding carboxylic acids is 1. The number of carboxylic acid groups (broad SMARTS) is 1. The lowest BCUT2D eigenvalue weighted by Crippen LogP contribution is -2.24. The minimum Gasteiger partial charge on any atom is -0.545 e. The fourth-order valence-electron chi connectivity index (χ4n) is 1.54. The number of rotatable bonds is 2. The predicted molar refractivity (Wildman–Crippen MR) is 57.0 cm³/mol. The molecule has 1 heterocycles. The Morgan fingerprint density at radius 3 is 2.69 bits per heavy atom. The van der Waals surface area contributed by atoms with Crippen LogP contribution in [-0.2, 0) is 0 Å². The van der Waals surface area contributed by atoms with Gasteiger partial charge in [0.25, 0.3) is 0 Å². The molecule has 0 radical (unpaired) electrons. The number of nitrogens with zero attached hydrogens (tertiary/aromatic N) is 2. The number of aromatic nitrogens is 2. The summed E-state index contributed by atoms with van der Waals surface area (Å²) in [6, 6.07) is 8.11. The third kappa shape index (κ3) is 1.63. The lowest BCUT2D eigenvalue weighted by molar-refractivity contribution is -0.255. The van der Waals surface area contributed by atoms with E-state index in [1.807, 2.05) is 0 Å². The fourth-order valence-corrected chi connectivity index (χ4v) is 1.54. The number of hydrogen-bond donors (Lipinski definition) is 1. The molecule has 0 fully saturated rings. The van der Waals surface area contributed by atoms with Crippen LogP contribution in [0.1, 0.15) is 16.1 Å². The molecule has 5 nitrogen and oxygen atoms in total. The Labute approximate surface area is 92.1 Å². The quantitative estimate of drug-likeness (QED) is 0.773. The summed E-state index contributed by atoms with van der Waals surface area (Å²) in [5.74, 6) is -0.852. The summed E-state index contributed by atoms with van der Waals surface area (Å²) in [6.07, 6.45) is 0. The van der Waals surface area contributed by atoms with Gasteiger partial charge < -0.3 is 15.6 Å². The number of hydrogen-bond acceptors (Lipinski definition) is 4. The van der Waals surface area contributed by atoms with Crippen molar-refractivity contribution in [2.24, 2.45) is 0 Å². The summed E-state index contributed by atoms with van der Waals surface area (Å²) >= 11 is 0. The molecule has 2 aromatic rings. The Hall–Kier alpha value is -2.30. The van der Waals surface area contributed by atoms with Crippen LogP contribution in [-0.4, -0.2) is 15.7 Å². The van der Waals surface area contributed by atoms with E-state index >= 15 is 0 Å². The molecule has 0 saturated heterocycles. The van der Waals surface area contributed by atoms with Gasteiger partial charge in [0.1, 0.15) is 5.82 Å². The van der Waals surface area contributed by atoms with E-state index in [-0.39, 0.29) is 5.56 Å². The third-order valence-electron chi connectivity index (χ3n) is 2.21. The molecular weight excluding hydrogens is 206 g/mol. The second-order valence-electron chi connectivity index (χ2n) is 3.43. The second kappa shape index (κ2) is 3.69. The molecule has 0 bridgehead atoms. The highest BCUT2D eigenvalue weighted by molar-refractivity contribution is 5.90. The van der Waals surface area contributed by atoms with E-state index in [9.17, 15) is 9.90 Å². The van der Waals surface area contributed by atoms with Crippen LogP contribution in [0.25, 0.3) is 5.69 Å². The standard InChI is InChI=1S/C11H11N3O2/c1-7-6-10(12)14(13-7)9-5-3-2-4-8(9)11(15)16/h2-6H,12H2,1H3,(H,15,16)/p-1. The summed E-state index contributed by atoms with van der Waals surface area (Å²) < 4.78 is 1.39. The number of nitrogen functional groups attached to an aromatic ring is 1. The molecule has 1 aromatic carbocycles. The van der Waals surface area contributed by atoms with E-state index in [1.54, 1.807) is 31.2 Å². The maximum absolute atomic E-state index is 10.9. The largest absolute Gasteiger partial charge is 0.545 e. The van der Waals surface area contributed by atoms with Gasteiger partial charge in [0.2, 0.25) is 0 Å². The minimum absolute atomic E-state index is 0.0669. The molecule has 5 heteroatoms. The summed E-state index contributed by atoms with van der Waals surface area (Å²) in [6.45, 7) is 1.79. The van der Waals surface area contributed by atoms with Gasteiger partial charge in [0.05, 0.1) is 17.4 Å². The normalized spacial score (nSPS) is 10.3. The molecule has 0 aliphatic heterocycles. The predicted octanol–water partition coefficient (Wildman–Crippen LogP) is 0.126. The fraction of sp³-hybridized carbons (Fsp3) is 0.0909. The molecule has 2 N–H and O–H groups in total. The van der Waals surface area contributed by atoms with Gasteiger partial charge in [-0.2, -0.15) is 5.10 Å². The van der Waals surface area contributed by atoms with Gasteiger partial charge >= 0.3 is 0 Å². The van der Waals surface area contributed by atoms with Gasteiger partial charge in [-0.15, -0.1) is 0 Å². The zero-order valence-electron chi connectivity index (χ0n) is 8.68. The summed E-state index contributed by atoms with van der Waals surface area (Å²) in [7, 11) is 0. The Morgan fingerprint density at radius 2 is 2.12 bits per heavy atom. The second-order valence-corrected chi connectivity index (χ2v) is 3.43. The van der Waals surface area contributed by atoms with Crippen molar-refractivity contribution in [2.45, 2.75) is 6.92 Å². The first kappa shape index (κ1) is 10.2. The van der Waals surface area contributed by atoms with Crippen LogP contribution >= 0.6 is 0 Å². The van der Waals surface area contributed by atoms with E-state index in [0.717, 1.165) is 5.69 Å². The van der Waals surface area contributed by atoms with Crippen molar-refractivity contribution in [3.8, 4) is 5.69 Å². The van der Waals surface area contributed by atoms with Gasteiger partial charge in [0.15, 0.2) is 0 Å². The minimum atomic E-state index is -1.25. The maximum Gasteiger partial charge on any atom is 0.127 e. The highest BCUT2D eigenvalue weighted by atomic mass is 16.4. The molecule has 0 amide bonds. The van der Waals surface area contributed by atoms with Crippen LogP contribution < -0.4 is 10.8 Å². The van der Waals surface area contributed by atoms with E-state index in [4.69, 9.17) is 5.73 Å². The van der Waals surface area contributed by atoms with Crippen molar-refractivity contribution < 1.29 is 9.90 Å². The Kier molecular flexibility index (Phi) is 2.36. The van der Waals surface area contributed by atoms with Crippen molar-refractivity contribution in [2.75, 3.05) is 5.73 Å². The molecule has 0 saturated carbocycles. The first-order valence-corrected chi connectivity index (χ1v) is 4.72. The first-order valence-electron chi connectivity index (χ1n) is 4.72. The van der Waals surface area contributed by atoms with Crippen molar-refractivity contribution in [3.63, 3.8) is 0 Å². The van der Waals surface area contributed by atoms with Gasteiger partial charge in [-0.25, -0.2) is 4.68 Å². The van der Waals surface area contributed by atoms with Crippen LogP contribution in [0.3, 0.4) is 0 Å². The average Bonchev–Trinajstić information content (AvgIpc) is 2.57. The van der Waals surface area contributed by atoms with Crippen molar-refractivity contribution in [1.82, 2.24) is 9.78 Å². The lowest BCUT2D eigenvalue weighted by Gasteiger charge is -2.10. The molecule has 0 unspecified atom stereocenters. The number of aryl methyl sites for hydroxylation is 1. The van der Waals surface area contributed by atoms with E-state index in [0.29, 0.717) is 11.5 Å². The molecule has 2 rings (SSSR count). The number of carbonyl (C=O) groups is 1. The smallest absolute Gasteiger partial charge is 0.127 e. The average molecular weight is 216 g/mol. The van der Waals surface area contributed by atoms with E-state index in [2.05, 4.69) is 5.10 Å². The van der Waals surface area contributed by atoms with Gasteiger partial charge in [-0.1, -0.05) is 18.2 Å². The molecule has 16 heavy (non-hydrogen) atoms. The number of para-hydroxylation sites is 1. The lowest BCUT2D eigenvalue weighted by atomic mass is 10.2. The summed E-state index contributed by atoms with van der Waals surface area (Å²) in [5, 5.41) is 15.0. The first-order chi connectivity index (χ1) is 7.59. The maximum atomic E-state index is 10.9. The highest BCUT2D eigenvalue weighted by Gasteiger charge is 2.09. The number of aromatic carboxylic acids is 1. The number of benzene rings is 1. The SMILES string of the molecule is Cc1cc(N)n(-c2ccccc2C(=O)[O-])n1. The summed E-state index contributed by atoms with van der Waals surface area (Å²) in [4.78, 5) is 10.9. The topological polar surface area (TPSA) is 84.0 Å². The van der Waals surface area contributed by atoms with Crippen LogP contribution in [0.2, 0.25) is 0 Å². The van der Waals surface area contributed by atoms with Crippen molar-refractivity contribution >= 4 is 11.8 Å². The van der Waals surface area contributed by atoms with Gasteiger partial charge in [-0.3, -0.25) is 0 Å². The van der Waals surface area contributed by atoms with Gasteiger partial charge in [0, 0.05) is 11.6 Å². The van der Waals surface area contributed by atoms with Crippen LogP contribution in [0, 0.1) is 6.92 Å². The van der Waals surface area contributed by atoms with Crippen molar-refractivity contribution in [3.05, 3.63) is 41.6 Å². The highest BCUT2D eigenvalue weighted by Crippen LogP contribution is 2.17. The Morgan fingerprint density at radius 1 is 1.44 bits per heavy atom. The number of nitrogens with two attached hydrogens (primary N) is 1. The zero-order chi connectivity index (χ0) is 11.7. The number of anilines is 1. The zero-order valence-corrected chi connectivity index (χ0v) is 8.68. The monoisotopic (exact) mass is 216 g/mol. The molecular formula is C11H10N3O2-. The molecule has 82 valence electrons. The summed E-state index contributed by atoms with van der Waals surface area (Å²) in [5.41, 5.74) is 6.93. The molecule has 0 spiro atoms. The third-order valence-corrected chi connectivity index (χ3v) is 2.21. The van der Waals surface area contributed by atoms with Crippen LogP contribution in [0.4, 0.5) is 5.82 Å². The van der Waals surface area contributed by atoms with E-state index in [1.165, 1.54) is 10.7 Å². The molecule has 0 aliphatic rings. The molecule has 0 aliphatic carbocycles. The van der Waals surface area contributed by atoms with Crippen LogP contribution in [0.5, 0.6) is 0 Å². The Bertz CT molecular complexity index is 546. The van der Waals surface area contributed by atoms with Gasteiger partial charge in [-0.05, 0) is 13.0 Å². The molecule has 1 aromatic heterocycles. The molecule has 0 atom stereocenters. The van der Waals surface area contributed by atoms with E-state index < -0.39 is 5.97 Å². The van der Waals surface area contributed by atoms with Crippen molar-refractivity contribution in [1.29, 1.82) is 0 Å².